The maximum atomic E-state index is 13.8. The molecule has 1 aromatic carbocycles. The van der Waals surface area contributed by atoms with E-state index in [9.17, 15) is 9.18 Å². The van der Waals surface area contributed by atoms with Crippen molar-refractivity contribution in [2.45, 2.75) is 26.8 Å². The first-order valence-electron chi connectivity index (χ1n) is 6.43. The number of hydrazine groups is 1. The standard InChI is InChI=1S/C14H20FN3O/c1-14(2)5-6-18(9-14)8-11-7-10(13(19)17-16)3-4-12(11)15/h3-4,7H,5-6,8-9,16H2,1-2H3,(H,17,19). The molecule has 2 rings (SSSR count). The molecule has 19 heavy (non-hydrogen) atoms. The van der Waals surface area contributed by atoms with E-state index in [0.717, 1.165) is 19.5 Å². The SMILES string of the molecule is CC1(C)CCN(Cc2cc(C(=O)NN)ccc2F)C1. The van der Waals surface area contributed by atoms with Crippen LogP contribution in [0.3, 0.4) is 0 Å². The molecule has 0 aromatic heterocycles. The Labute approximate surface area is 112 Å². The van der Waals surface area contributed by atoms with Gasteiger partial charge < -0.3 is 0 Å². The van der Waals surface area contributed by atoms with Crippen molar-refractivity contribution in [3.05, 3.63) is 35.1 Å². The molecule has 5 heteroatoms. The molecule has 4 nitrogen and oxygen atoms in total. The number of carbonyl (C=O) groups is 1. The Morgan fingerprint density at radius 2 is 2.26 bits per heavy atom. The number of hydrogen-bond donors (Lipinski definition) is 2. The monoisotopic (exact) mass is 265 g/mol. The van der Waals surface area contributed by atoms with Crippen molar-refractivity contribution >= 4 is 5.91 Å². The Morgan fingerprint density at radius 1 is 1.53 bits per heavy atom. The maximum Gasteiger partial charge on any atom is 0.265 e. The van der Waals surface area contributed by atoms with E-state index < -0.39 is 5.91 Å². The lowest BCUT2D eigenvalue weighted by Gasteiger charge is -2.20. The van der Waals surface area contributed by atoms with E-state index in [0.29, 0.717) is 17.7 Å². The van der Waals surface area contributed by atoms with E-state index >= 15 is 0 Å². The second kappa shape index (κ2) is 5.27. The van der Waals surface area contributed by atoms with E-state index in [1.165, 1.54) is 12.1 Å². The number of halogens is 1. The number of likely N-dealkylation sites (tertiary alicyclic amines) is 1. The smallest absolute Gasteiger partial charge is 0.265 e. The topological polar surface area (TPSA) is 58.4 Å². The lowest BCUT2D eigenvalue weighted by molar-refractivity contribution is 0.0953. The number of nitrogens with one attached hydrogen (secondary N) is 1. The van der Waals surface area contributed by atoms with Gasteiger partial charge in [-0.25, -0.2) is 10.2 Å². The number of benzene rings is 1. The minimum absolute atomic E-state index is 0.279. The molecular formula is C14H20FN3O. The summed E-state index contributed by atoms with van der Waals surface area (Å²) in [4.78, 5) is 13.7. The minimum Gasteiger partial charge on any atom is -0.298 e. The van der Waals surface area contributed by atoms with Gasteiger partial charge >= 0.3 is 0 Å². The lowest BCUT2D eigenvalue weighted by Crippen LogP contribution is -2.30. The quantitative estimate of drug-likeness (QED) is 0.496. The molecule has 1 saturated heterocycles. The highest BCUT2D eigenvalue weighted by molar-refractivity contribution is 5.93. The van der Waals surface area contributed by atoms with Crippen molar-refractivity contribution in [1.29, 1.82) is 0 Å². The molecule has 0 unspecified atom stereocenters. The predicted octanol–water partition coefficient (Wildman–Crippen LogP) is 1.66. The summed E-state index contributed by atoms with van der Waals surface area (Å²) in [5.41, 5.74) is 3.27. The van der Waals surface area contributed by atoms with Crippen molar-refractivity contribution in [3.63, 3.8) is 0 Å². The lowest BCUT2D eigenvalue weighted by atomic mass is 9.93. The van der Waals surface area contributed by atoms with Gasteiger partial charge in [-0.3, -0.25) is 15.1 Å². The summed E-state index contributed by atoms with van der Waals surface area (Å²) >= 11 is 0. The number of amides is 1. The van der Waals surface area contributed by atoms with Crippen LogP contribution in [-0.4, -0.2) is 23.9 Å². The Morgan fingerprint density at radius 3 is 2.84 bits per heavy atom. The average Bonchev–Trinajstić information content (AvgIpc) is 2.70. The third-order valence-corrected chi connectivity index (χ3v) is 3.59. The molecular weight excluding hydrogens is 245 g/mol. The first kappa shape index (κ1) is 14.0. The van der Waals surface area contributed by atoms with E-state index in [1.807, 2.05) is 0 Å². The summed E-state index contributed by atoms with van der Waals surface area (Å²) < 4.78 is 13.8. The number of hydrogen-bond acceptors (Lipinski definition) is 3. The molecule has 1 aliphatic heterocycles. The normalized spacial score (nSPS) is 18.5. The molecule has 3 N–H and O–H groups in total. The van der Waals surface area contributed by atoms with Crippen LogP contribution < -0.4 is 11.3 Å². The minimum atomic E-state index is -0.400. The van der Waals surface area contributed by atoms with Crippen LogP contribution in [0.5, 0.6) is 0 Å². The molecule has 1 aliphatic rings. The largest absolute Gasteiger partial charge is 0.298 e. The van der Waals surface area contributed by atoms with Crippen LogP contribution >= 0.6 is 0 Å². The molecule has 1 aromatic rings. The van der Waals surface area contributed by atoms with Gasteiger partial charge in [-0.15, -0.1) is 0 Å². The van der Waals surface area contributed by atoms with Gasteiger partial charge in [-0.05, 0) is 36.6 Å². The average molecular weight is 265 g/mol. The maximum absolute atomic E-state index is 13.8. The molecule has 1 heterocycles. The van der Waals surface area contributed by atoms with Gasteiger partial charge in [0.2, 0.25) is 0 Å². The zero-order chi connectivity index (χ0) is 14.0. The van der Waals surface area contributed by atoms with Crippen LogP contribution in [0, 0.1) is 11.2 Å². The van der Waals surface area contributed by atoms with Gasteiger partial charge in [0.25, 0.3) is 5.91 Å². The van der Waals surface area contributed by atoms with Crippen molar-refractivity contribution in [2.24, 2.45) is 11.3 Å². The van der Waals surface area contributed by atoms with Crippen LogP contribution in [0.15, 0.2) is 18.2 Å². The fourth-order valence-corrected chi connectivity index (χ4v) is 2.52. The van der Waals surface area contributed by atoms with Gasteiger partial charge in [0.1, 0.15) is 5.82 Å². The van der Waals surface area contributed by atoms with Crippen LogP contribution in [0.4, 0.5) is 4.39 Å². The summed E-state index contributed by atoms with van der Waals surface area (Å²) in [6.45, 7) is 6.85. The Bertz CT molecular complexity index is 488. The highest BCUT2D eigenvalue weighted by Gasteiger charge is 2.29. The zero-order valence-electron chi connectivity index (χ0n) is 11.4. The van der Waals surface area contributed by atoms with E-state index in [1.54, 1.807) is 6.07 Å². The first-order chi connectivity index (χ1) is 8.91. The van der Waals surface area contributed by atoms with Gasteiger partial charge in [-0.2, -0.15) is 0 Å². The summed E-state index contributed by atoms with van der Waals surface area (Å²) in [5, 5.41) is 0. The number of rotatable bonds is 3. The van der Waals surface area contributed by atoms with Crippen LogP contribution in [0.1, 0.15) is 36.2 Å². The molecule has 0 aliphatic carbocycles. The van der Waals surface area contributed by atoms with Crippen molar-refractivity contribution in [3.8, 4) is 0 Å². The molecule has 0 atom stereocenters. The summed E-state index contributed by atoms with van der Waals surface area (Å²) in [5.74, 6) is 4.41. The summed E-state index contributed by atoms with van der Waals surface area (Å²) in [6, 6.07) is 4.33. The number of carbonyl (C=O) groups excluding carboxylic acids is 1. The summed E-state index contributed by atoms with van der Waals surface area (Å²) in [7, 11) is 0. The van der Waals surface area contributed by atoms with Gasteiger partial charge in [0.15, 0.2) is 0 Å². The third-order valence-electron chi connectivity index (χ3n) is 3.59. The number of nitrogens with zero attached hydrogens (tertiary/aromatic N) is 1. The molecule has 0 spiro atoms. The van der Waals surface area contributed by atoms with Crippen molar-refractivity contribution < 1.29 is 9.18 Å². The highest BCUT2D eigenvalue weighted by Crippen LogP contribution is 2.30. The second-order valence-electron chi connectivity index (χ2n) is 5.90. The first-order valence-corrected chi connectivity index (χ1v) is 6.43. The Hall–Kier alpha value is -1.46. The predicted molar refractivity (Wildman–Crippen MR) is 71.7 cm³/mol. The van der Waals surface area contributed by atoms with Gasteiger partial charge in [0, 0.05) is 24.2 Å². The van der Waals surface area contributed by atoms with Crippen LogP contribution in [0.25, 0.3) is 0 Å². The van der Waals surface area contributed by atoms with Crippen molar-refractivity contribution in [1.82, 2.24) is 10.3 Å². The number of nitrogens with two attached hydrogens (primary N) is 1. The van der Waals surface area contributed by atoms with Gasteiger partial charge in [-0.1, -0.05) is 13.8 Å². The number of nitrogen functional groups attached to an aromatic ring is 1. The molecule has 104 valence electrons. The summed E-state index contributed by atoms with van der Waals surface area (Å²) in [6.07, 6.45) is 1.11. The van der Waals surface area contributed by atoms with Crippen LogP contribution in [-0.2, 0) is 6.54 Å². The van der Waals surface area contributed by atoms with E-state index in [2.05, 4.69) is 24.2 Å². The molecule has 1 fully saturated rings. The van der Waals surface area contributed by atoms with Crippen LogP contribution in [0.2, 0.25) is 0 Å². The fourth-order valence-electron chi connectivity index (χ4n) is 2.52. The van der Waals surface area contributed by atoms with Gasteiger partial charge in [0.05, 0.1) is 0 Å². The Kier molecular flexibility index (Phi) is 3.87. The van der Waals surface area contributed by atoms with E-state index in [-0.39, 0.29) is 11.2 Å². The second-order valence-corrected chi connectivity index (χ2v) is 5.90. The highest BCUT2D eigenvalue weighted by atomic mass is 19.1. The Balaban J connectivity index is 2.14. The molecule has 0 bridgehead atoms. The molecule has 0 radical (unpaired) electrons. The molecule has 1 amide bonds. The fraction of sp³-hybridized carbons (Fsp3) is 0.500. The zero-order valence-corrected chi connectivity index (χ0v) is 11.4. The van der Waals surface area contributed by atoms with Crippen molar-refractivity contribution in [2.75, 3.05) is 13.1 Å². The third kappa shape index (κ3) is 3.30. The van der Waals surface area contributed by atoms with E-state index in [4.69, 9.17) is 5.84 Å². The molecule has 0 saturated carbocycles.